The lowest BCUT2D eigenvalue weighted by atomic mass is 10.0. The minimum Gasteiger partial charge on any atom is -0.371 e. The smallest absolute Gasteiger partial charge is 0.0372 e. The first-order chi connectivity index (χ1) is 9.33. The first-order valence-electron chi connectivity index (χ1n) is 7.46. The molecule has 0 saturated carbocycles. The second kappa shape index (κ2) is 5.93. The van der Waals surface area contributed by atoms with Crippen molar-refractivity contribution in [1.82, 2.24) is 9.80 Å². The first-order valence-corrected chi connectivity index (χ1v) is 7.46. The molecule has 1 aromatic rings. The normalized spacial score (nSPS) is 23.7. The zero-order valence-electron chi connectivity index (χ0n) is 11.9. The number of likely N-dealkylation sites (N-methyl/N-ethyl adjacent to an activating group) is 1. The highest BCUT2D eigenvalue weighted by atomic mass is 15.3. The molecule has 2 aliphatic rings. The summed E-state index contributed by atoms with van der Waals surface area (Å²) < 4.78 is 0. The summed E-state index contributed by atoms with van der Waals surface area (Å²) in [5.41, 5.74) is 1.33. The molecule has 0 spiro atoms. The fraction of sp³-hybridized carbons (Fsp3) is 0.625. The average molecular weight is 258 g/mol. The van der Waals surface area contributed by atoms with Crippen LogP contribution < -0.4 is 4.90 Å². The molecule has 2 aliphatic heterocycles. The molecule has 0 unspecified atom stereocenters. The van der Waals surface area contributed by atoms with Crippen molar-refractivity contribution in [3.8, 4) is 0 Å². The molecule has 0 atom stereocenters. The highest BCUT2D eigenvalue weighted by molar-refractivity contribution is 5.45. The number of anilines is 1. The van der Waals surface area contributed by atoms with Gasteiger partial charge in [0.25, 0.3) is 0 Å². The van der Waals surface area contributed by atoms with Crippen molar-refractivity contribution < 1.29 is 0 Å². The van der Waals surface area contributed by atoms with Gasteiger partial charge in [-0.1, -0.05) is 12.1 Å². The summed E-state index contributed by atoms with van der Waals surface area (Å²) in [7, 11) is 2.23. The van der Waals surface area contributed by atoms with Gasteiger partial charge in [-0.15, -0.1) is 0 Å². The van der Waals surface area contributed by atoms with Crippen molar-refractivity contribution in [2.75, 3.05) is 51.2 Å². The zero-order valence-corrected chi connectivity index (χ0v) is 11.9. The minimum atomic E-state index is 0.803. The van der Waals surface area contributed by atoms with E-state index in [1.807, 2.05) is 6.07 Å². The molecule has 0 bridgehead atoms. The Morgan fingerprint density at radius 1 is 1.05 bits per heavy atom. The van der Waals surface area contributed by atoms with Crippen LogP contribution >= 0.6 is 0 Å². The lowest BCUT2D eigenvalue weighted by molar-refractivity contribution is 0.0982. The minimum absolute atomic E-state index is 0.803. The molecular formula is C16H24N3. The monoisotopic (exact) mass is 258 g/mol. The van der Waals surface area contributed by atoms with Crippen LogP contribution in [0.1, 0.15) is 12.8 Å². The molecule has 0 aliphatic carbocycles. The maximum absolute atomic E-state index is 3.18. The predicted molar refractivity (Wildman–Crippen MR) is 79.6 cm³/mol. The number of rotatable bonds is 2. The Labute approximate surface area is 116 Å². The molecule has 3 heteroatoms. The third-order valence-corrected chi connectivity index (χ3v) is 4.57. The topological polar surface area (TPSA) is 9.72 Å². The molecule has 19 heavy (non-hydrogen) atoms. The fourth-order valence-corrected chi connectivity index (χ4v) is 3.26. The maximum Gasteiger partial charge on any atom is 0.0372 e. The molecule has 0 amide bonds. The molecule has 2 fully saturated rings. The van der Waals surface area contributed by atoms with E-state index in [1.165, 1.54) is 57.8 Å². The van der Waals surface area contributed by atoms with E-state index in [0.717, 1.165) is 6.04 Å². The summed E-state index contributed by atoms with van der Waals surface area (Å²) in [6.45, 7) is 7.34. The quantitative estimate of drug-likeness (QED) is 0.799. The highest BCUT2D eigenvalue weighted by Crippen LogP contribution is 2.22. The maximum atomic E-state index is 3.18. The van der Waals surface area contributed by atoms with E-state index >= 15 is 0 Å². The van der Waals surface area contributed by atoms with E-state index in [0.29, 0.717) is 0 Å². The number of hydrogen-bond acceptors (Lipinski definition) is 3. The number of nitrogens with zero attached hydrogens (tertiary/aromatic N) is 3. The lowest BCUT2D eigenvalue weighted by Gasteiger charge is -2.42. The number of hydrogen-bond donors (Lipinski definition) is 0. The molecule has 1 radical (unpaired) electrons. The Hall–Kier alpha value is -1.06. The van der Waals surface area contributed by atoms with Crippen molar-refractivity contribution >= 4 is 5.69 Å². The summed E-state index contributed by atoms with van der Waals surface area (Å²) in [5, 5.41) is 0. The van der Waals surface area contributed by atoms with Gasteiger partial charge < -0.3 is 9.80 Å². The van der Waals surface area contributed by atoms with Crippen LogP contribution in [-0.4, -0.2) is 62.2 Å². The molecule has 2 saturated heterocycles. The lowest BCUT2D eigenvalue weighted by Crippen LogP contribution is -2.52. The predicted octanol–water partition coefficient (Wildman–Crippen LogP) is 1.70. The molecule has 0 N–H and O–H groups in total. The first kappa shape index (κ1) is 12.9. The van der Waals surface area contributed by atoms with Crippen LogP contribution in [0.5, 0.6) is 0 Å². The zero-order chi connectivity index (χ0) is 13.1. The van der Waals surface area contributed by atoms with Crippen molar-refractivity contribution in [2.24, 2.45) is 0 Å². The van der Waals surface area contributed by atoms with E-state index in [9.17, 15) is 0 Å². The van der Waals surface area contributed by atoms with Gasteiger partial charge in [0.1, 0.15) is 0 Å². The molecular weight excluding hydrogens is 234 g/mol. The summed E-state index contributed by atoms with van der Waals surface area (Å²) >= 11 is 0. The Bertz CT molecular complexity index is 376. The second-order valence-electron chi connectivity index (χ2n) is 5.82. The second-order valence-corrected chi connectivity index (χ2v) is 5.82. The van der Waals surface area contributed by atoms with Gasteiger partial charge in [0, 0.05) is 51.0 Å². The summed E-state index contributed by atoms with van der Waals surface area (Å²) in [6.07, 6.45) is 2.61. The summed E-state index contributed by atoms with van der Waals surface area (Å²) in [4.78, 5) is 7.64. The molecule has 0 aromatic heterocycles. The number of piperazine rings is 1. The van der Waals surface area contributed by atoms with E-state index in [1.54, 1.807) is 0 Å². The van der Waals surface area contributed by atoms with Crippen molar-refractivity contribution in [1.29, 1.82) is 0 Å². The fourth-order valence-electron chi connectivity index (χ4n) is 3.26. The van der Waals surface area contributed by atoms with Gasteiger partial charge in [-0.25, -0.2) is 0 Å². The largest absolute Gasteiger partial charge is 0.371 e. The van der Waals surface area contributed by atoms with Crippen LogP contribution in [0.15, 0.2) is 24.3 Å². The number of benzene rings is 1. The van der Waals surface area contributed by atoms with E-state index < -0.39 is 0 Å². The number of piperidine rings is 1. The summed E-state index contributed by atoms with van der Waals surface area (Å²) in [5.74, 6) is 0. The van der Waals surface area contributed by atoms with Crippen LogP contribution in [0.25, 0.3) is 0 Å². The molecule has 103 valence electrons. The van der Waals surface area contributed by atoms with Gasteiger partial charge in [-0.3, -0.25) is 4.90 Å². The molecule has 1 aromatic carbocycles. The van der Waals surface area contributed by atoms with Gasteiger partial charge in [0.05, 0.1) is 0 Å². The third-order valence-electron chi connectivity index (χ3n) is 4.57. The van der Waals surface area contributed by atoms with Crippen LogP contribution in [0.3, 0.4) is 0 Å². The van der Waals surface area contributed by atoms with E-state index in [2.05, 4.69) is 46.0 Å². The molecule has 3 rings (SSSR count). The van der Waals surface area contributed by atoms with Gasteiger partial charge in [0.15, 0.2) is 0 Å². The van der Waals surface area contributed by atoms with Crippen LogP contribution in [0, 0.1) is 6.07 Å². The standard InChI is InChI=1S/C16H24N3/c1-17-11-13-19(14-12-17)16-7-9-18(10-8-16)15-5-3-2-4-6-15/h2-3,5-6,16H,7-14H2,1H3. The van der Waals surface area contributed by atoms with Crippen LogP contribution in [0.2, 0.25) is 0 Å². The van der Waals surface area contributed by atoms with Gasteiger partial charge in [-0.2, -0.15) is 0 Å². The van der Waals surface area contributed by atoms with Gasteiger partial charge >= 0.3 is 0 Å². The van der Waals surface area contributed by atoms with Gasteiger partial charge in [0.2, 0.25) is 0 Å². The summed E-state index contributed by atoms with van der Waals surface area (Å²) in [6, 6.07) is 12.3. The van der Waals surface area contributed by atoms with Crippen molar-refractivity contribution in [3.05, 3.63) is 30.3 Å². The molecule has 3 nitrogen and oxygen atoms in total. The van der Waals surface area contributed by atoms with Crippen LogP contribution in [0.4, 0.5) is 5.69 Å². The average Bonchev–Trinajstić information content (AvgIpc) is 2.49. The molecule has 2 heterocycles. The Morgan fingerprint density at radius 2 is 1.79 bits per heavy atom. The Morgan fingerprint density at radius 3 is 2.42 bits per heavy atom. The SMILES string of the molecule is CN1CCN(C2CCN(c3c[c]ccc3)CC2)CC1. The van der Waals surface area contributed by atoms with Crippen molar-refractivity contribution in [2.45, 2.75) is 18.9 Å². The van der Waals surface area contributed by atoms with Gasteiger partial charge in [-0.05, 0) is 38.1 Å². The highest BCUT2D eigenvalue weighted by Gasteiger charge is 2.26. The third kappa shape index (κ3) is 3.10. The Balaban J connectivity index is 1.52. The Kier molecular flexibility index (Phi) is 4.04. The van der Waals surface area contributed by atoms with Crippen molar-refractivity contribution in [3.63, 3.8) is 0 Å². The van der Waals surface area contributed by atoms with E-state index in [4.69, 9.17) is 0 Å². The van der Waals surface area contributed by atoms with E-state index in [-0.39, 0.29) is 0 Å². The van der Waals surface area contributed by atoms with Crippen LogP contribution in [-0.2, 0) is 0 Å².